The highest BCUT2D eigenvalue weighted by atomic mass is 35.5. The molecule has 24 heavy (non-hydrogen) atoms. The summed E-state index contributed by atoms with van der Waals surface area (Å²) in [7, 11) is 0. The normalized spacial score (nSPS) is 16.1. The van der Waals surface area contributed by atoms with E-state index >= 15 is 0 Å². The molecule has 0 aliphatic heterocycles. The summed E-state index contributed by atoms with van der Waals surface area (Å²) in [5.41, 5.74) is 2.92. The van der Waals surface area contributed by atoms with Crippen LogP contribution in [0.3, 0.4) is 0 Å². The van der Waals surface area contributed by atoms with Crippen LogP contribution in [-0.4, -0.2) is 6.61 Å². The third kappa shape index (κ3) is 5.65. The molecule has 0 amide bonds. The van der Waals surface area contributed by atoms with Gasteiger partial charge in [-0.25, -0.2) is 0 Å². The number of ether oxygens (including phenoxy) is 1. The first-order chi connectivity index (χ1) is 11.7. The van der Waals surface area contributed by atoms with Crippen molar-refractivity contribution in [2.24, 2.45) is 0 Å². The molecule has 1 saturated carbocycles. The van der Waals surface area contributed by atoms with E-state index in [0.717, 1.165) is 18.2 Å². The van der Waals surface area contributed by atoms with E-state index in [4.69, 9.17) is 16.3 Å². The second-order valence-electron chi connectivity index (χ2n) is 6.72. The van der Waals surface area contributed by atoms with Crippen molar-refractivity contribution in [3.8, 4) is 0 Å². The highest BCUT2D eigenvalue weighted by Gasteiger charge is 2.30. The number of hydrogen-bond acceptors (Lipinski definition) is 1. The summed E-state index contributed by atoms with van der Waals surface area (Å²) in [6.45, 7) is 5.88. The van der Waals surface area contributed by atoms with Crippen molar-refractivity contribution in [1.82, 2.24) is 0 Å². The Morgan fingerprint density at radius 1 is 0.917 bits per heavy atom. The predicted octanol–water partition coefficient (Wildman–Crippen LogP) is 6.78. The van der Waals surface area contributed by atoms with E-state index < -0.39 is 0 Å². The lowest BCUT2D eigenvalue weighted by molar-refractivity contribution is 0.134. The Bertz CT molecular complexity index is 588. The van der Waals surface area contributed by atoms with Crippen molar-refractivity contribution in [1.29, 1.82) is 0 Å². The van der Waals surface area contributed by atoms with Gasteiger partial charge < -0.3 is 4.74 Å². The topological polar surface area (TPSA) is 9.23 Å². The van der Waals surface area contributed by atoms with Gasteiger partial charge in [0.1, 0.15) is 0 Å². The van der Waals surface area contributed by atoms with E-state index in [1.807, 2.05) is 37.3 Å². The van der Waals surface area contributed by atoms with Crippen LogP contribution in [0.4, 0.5) is 0 Å². The van der Waals surface area contributed by atoms with Crippen LogP contribution in [0.2, 0.25) is 5.02 Å². The fraction of sp³-hybridized carbons (Fsp3) is 0.455. The molecule has 0 spiro atoms. The first-order valence-corrected chi connectivity index (χ1v) is 9.40. The molecular formula is C22H29ClO. The molecule has 1 fully saturated rings. The quantitative estimate of drug-likeness (QED) is 0.593. The molecule has 0 radical (unpaired) electrons. The monoisotopic (exact) mass is 344 g/mol. The van der Waals surface area contributed by atoms with E-state index in [0.29, 0.717) is 5.41 Å². The van der Waals surface area contributed by atoms with Crippen LogP contribution in [-0.2, 0) is 16.8 Å². The van der Waals surface area contributed by atoms with Gasteiger partial charge in [-0.05, 0) is 42.4 Å². The molecule has 3 rings (SSSR count). The summed E-state index contributed by atoms with van der Waals surface area (Å²) < 4.78 is 5.22. The Kier molecular flexibility index (Phi) is 7.81. The van der Waals surface area contributed by atoms with Crippen LogP contribution < -0.4 is 0 Å². The molecule has 1 aliphatic rings. The third-order valence-electron chi connectivity index (χ3n) is 4.80. The van der Waals surface area contributed by atoms with Gasteiger partial charge in [-0.1, -0.05) is 86.3 Å². The maximum absolute atomic E-state index is 6.25. The highest BCUT2D eigenvalue weighted by molar-refractivity contribution is 6.31. The minimum atomic E-state index is 0.330. The SMILES string of the molecule is CC1(c2ccccc2Cl)CCCCC1.CCOCc1ccccc1. The smallest absolute Gasteiger partial charge is 0.0716 e. The molecule has 0 unspecified atom stereocenters. The summed E-state index contributed by atoms with van der Waals surface area (Å²) in [5, 5.41) is 0.942. The third-order valence-corrected chi connectivity index (χ3v) is 5.13. The van der Waals surface area contributed by atoms with Crippen LogP contribution in [0.1, 0.15) is 57.1 Å². The Morgan fingerprint density at radius 3 is 2.17 bits per heavy atom. The highest BCUT2D eigenvalue weighted by Crippen LogP contribution is 2.41. The van der Waals surface area contributed by atoms with Gasteiger partial charge in [-0.2, -0.15) is 0 Å². The predicted molar refractivity (Wildman–Crippen MR) is 104 cm³/mol. The summed E-state index contributed by atoms with van der Waals surface area (Å²) in [6, 6.07) is 18.5. The molecule has 130 valence electrons. The van der Waals surface area contributed by atoms with Gasteiger partial charge >= 0.3 is 0 Å². The van der Waals surface area contributed by atoms with Gasteiger partial charge in [-0.15, -0.1) is 0 Å². The number of benzene rings is 2. The summed E-state index contributed by atoms with van der Waals surface area (Å²) >= 11 is 6.25. The molecule has 0 atom stereocenters. The molecule has 2 heteroatoms. The van der Waals surface area contributed by atoms with E-state index in [9.17, 15) is 0 Å². The van der Waals surface area contributed by atoms with Crippen molar-refractivity contribution in [3.63, 3.8) is 0 Å². The van der Waals surface area contributed by atoms with Crippen LogP contribution in [0.25, 0.3) is 0 Å². The molecule has 2 aromatic carbocycles. The molecule has 2 aromatic rings. The first kappa shape index (κ1) is 19.0. The zero-order chi connectivity index (χ0) is 17.3. The van der Waals surface area contributed by atoms with Crippen molar-refractivity contribution in [2.45, 2.75) is 58.0 Å². The largest absolute Gasteiger partial charge is 0.377 e. The van der Waals surface area contributed by atoms with Crippen LogP contribution in [0.5, 0.6) is 0 Å². The standard InChI is InChI=1S/C13H17Cl.C9H12O/c1-13(9-5-2-6-10-13)11-7-3-4-8-12(11)14;1-2-10-8-9-6-4-3-5-7-9/h3-4,7-8H,2,5-6,9-10H2,1H3;3-7H,2,8H2,1H3. The molecule has 1 aliphatic carbocycles. The molecular weight excluding hydrogens is 316 g/mol. The number of halogens is 1. The fourth-order valence-electron chi connectivity index (χ4n) is 3.35. The zero-order valence-corrected chi connectivity index (χ0v) is 15.7. The molecule has 0 bridgehead atoms. The van der Waals surface area contributed by atoms with E-state index in [1.165, 1.54) is 43.2 Å². The lowest BCUT2D eigenvalue weighted by atomic mass is 9.71. The molecule has 1 nitrogen and oxygen atoms in total. The molecule has 0 aromatic heterocycles. The van der Waals surface area contributed by atoms with Gasteiger partial charge in [0.25, 0.3) is 0 Å². The Balaban J connectivity index is 0.000000185. The minimum absolute atomic E-state index is 0.330. The lowest BCUT2D eigenvalue weighted by Gasteiger charge is -2.34. The van der Waals surface area contributed by atoms with Gasteiger partial charge in [0.05, 0.1) is 6.61 Å². The zero-order valence-electron chi connectivity index (χ0n) is 14.9. The molecule has 0 heterocycles. The second kappa shape index (κ2) is 9.86. The average molecular weight is 345 g/mol. The molecule has 0 saturated heterocycles. The Labute approximate surface area is 152 Å². The average Bonchev–Trinajstić information content (AvgIpc) is 2.62. The summed E-state index contributed by atoms with van der Waals surface area (Å²) in [4.78, 5) is 0. The van der Waals surface area contributed by atoms with E-state index in [1.54, 1.807) is 0 Å². The number of rotatable bonds is 4. The van der Waals surface area contributed by atoms with Crippen LogP contribution in [0, 0.1) is 0 Å². The first-order valence-electron chi connectivity index (χ1n) is 9.02. The van der Waals surface area contributed by atoms with Crippen LogP contribution in [0.15, 0.2) is 54.6 Å². The van der Waals surface area contributed by atoms with Gasteiger partial charge in [-0.3, -0.25) is 0 Å². The summed E-state index contributed by atoms with van der Waals surface area (Å²) in [5.74, 6) is 0. The minimum Gasteiger partial charge on any atom is -0.377 e. The maximum Gasteiger partial charge on any atom is 0.0716 e. The Morgan fingerprint density at radius 2 is 1.54 bits per heavy atom. The number of hydrogen-bond donors (Lipinski definition) is 0. The second-order valence-corrected chi connectivity index (χ2v) is 7.13. The van der Waals surface area contributed by atoms with E-state index in [2.05, 4.69) is 31.2 Å². The van der Waals surface area contributed by atoms with Gasteiger partial charge in [0, 0.05) is 11.6 Å². The summed E-state index contributed by atoms with van der Waals surface area (Å²) in [6.07, 6.45) is 6.66. The van der Waals surface area contributed by atoms with Gasteiger partial charge in [0.15, 0.2) is 0 Å². The van der Waals surface area contributed by atoms with Crippen LogP contribution >= 0.6 is 11.6 Å². The fourth-order valence-corrected chi connectivity index (χ4v) is 3.71. The Hall–Kier alpha value is -1.31. The van der Waals surface area contributed by atoms with Crippen molar-refractivity contribution in [2.75, 3.05) is 6.61 Å². The van der Waals surface area contributed by atoms with Gasteiger partial charge in [0.2, 0.25) is 0 Å². The molecule has 0 N–H and O–H groups in total. The van der Waals surface area contributed by atoms with Crippen molar-refractivity contribution < 1.29 is 4.74 Å². The van der Waals surface area contributed by atoms with Crippen molar-refractivity contribution in [3.05, 3.63) is 70.7 Å². The maximum atomic E-state index is 6.25. The van der Waals surface area contributed by atoms with E-state index in [-0.39, 0.29) is 0 Å². The lowest BCUT2D eigenvalue weighted by Crippen LogP contribution is -2.25. The van der Waals surface area contributed by atoms with Crippen molar-refractivity contribution >= 4 is 11.6 Å².